The molecule has 2 aromatic carbocycles. The minimum atomic E-state index is 0.755. The van der Waals surface area contributed by atoms with E-state index in [0.717, 1.165) is 44.8 Å². The van der Waals surface area contributed by atoms with E-state index < -0.39 is 0 Å². The standard InChI is InChI=1S/C20H20N2/c1-13-9-15(3)19(21)11-17(13)7-5-6-8-18-12-20(22)16(4)10-14(18)2/h9-12H,21-22H2,1-4H3. The summed E-state index contributed by atoms with van der Waals surface area (Å²) in [6, 6.07) is 7.87. The topological polar surface area (TPSA) is 52.0 Å². The molecule has 0 saturated carbocycles. The van der Waals surface area contributed by atoms with Crippen LogP contribution in [0.4, 0.5) is 11.4 Å². The summed E-state index contributed by atoms with van der Waals surface area (Å²) in [7, 11) is 0. The Morgan fingerprint density at radius 2 is 0.955 bits per heavy atom. The SMILES string of the molecule is Cc1cc(C)c(C#CC#Cc2cc(N)c(C)cc2C)cc1N. The quantitative estimate of drug-likeness (QED) is 0.576. The Bertz CT molecular complexity index is 780. The van der Waals surface area contributed by atoms with Gasteiger partial charge in [-0.15, -0.1) is 0 Å². The second kappa shape index (κ2) is 6.29. The van der Waals surface area contributed by atoms with Crippen molar-refractivity contribution in [1.29, 1.82) is 0 Å². The van der Waals surface area contributed by atoms with Crippen molar-refractivity contribution >= 4 is 11.4 Å². The van der Waals surface area contributed by atoms with E-state index >= 15 is 0 Å². The molecule has 110 valence electrons. The van der Waals surface area contributed by atoms with Crippen molar-refractivity contribution in [3.8, 4) is 23.7 Å². The number of aryl methyl sites for hydroxylation is 4. The molecule has 0 radical (unpaired) electrons. The summed E-state index contributed by atoms with van der Waals surface area (Å²) in [5.41, 5.74) is 19.5. The highest BCUT2D eigenvalue weighted by Gasteiger charge is 2.00. The van der Waals surface area contributed by atoms with Crippen LogP contribution in [0.15, 0.2) is 24.3 Å². The lowest BCUT2D eigenvalue weighted by molar-refractivity contribution is 1.36. The van der Waals surface area contributed by atoms with Crippen molar-refractivity contribution in [1.82, 2.24) is 0 Å². The number of nitrogens with two attached hydrogens (primary N) is 2. The van der Waals surface area contributed by atoms with Gasteiger partial charge in [0, 0.05) is 22.5 Å². The maximum atomic E-state index is 5.92. The van der Waals surface area contributed by atoms with E-state index in [1.165, 1.54) is 0 Å². The van der Waals surface area contributed by atoms with Crippen LogP contribution >= 0.6 is 0 Å². The Labute approximate surface area is 132 Å². The number of hydrogen-bond donors (Lipinski definition) is 2. The van der Waals surface area contributed by atoms with Crippen molar-refractivity contribution in [2.45, 2.75) is 27.7 Å². The Hall–Kier alpha value is -2.84. The summed E-state index contributed by atoms with van der Waals surface area (Å²) in [6.45, 7) is 8.03. The molecule has 2 aromatic rings. The minimum absolute atomic E-state index is 0.755. The second-order valence-corrected chi connectivity index (χ2v) is 5.55. The minimum Gasteiger partial charge on any atom is -0.398 e. The molecule has 2 heteroatoms. The Morgan fingerprint density at radius 1 is 0.591 bits per heavy atom. The third kappa shape index (κ3) is 3.43. The van der Waals surface area contributed by atoms with Gasteiger partial charge in [0.15, 0.2) is 0 Å². The summed E-state index contributed by atoms with van der Waals surface area (Å²) in [6.07, 6.45) is 0. The fourth-order valence-corrected chi connectivity index (χ4v) is 2.20. The first-order valence-electron chi connectivity index (χ1n) is 7.14. The first kappa shape index (κ1) is 15.5. The predicted molar refractivity (Wildman–Crippen MR) is 94.4 cm³/mol. The third-order valence-electron chi connectivity index (χ3n) is 3.68. The Balaban J connectivity index is 2.30. The number of anilines is 2. The zero-order valence-corrected chi connectivity index (χ0v) is 13.5. The van der Waals surface area contributed by atoms with Crippen LogP contribution < -0.4 is 11.5 Å². The summed E-state index contributed by atoms with van der Waals surface area (Å²) in [5, 5.41) is 0. The van der Waals surface area contributed by atoms with Crippen LogP contribution in [0, 0.1) is 51.4 Å². The lowest BCUT2D eigenvalue weighted by atomic mass is 10.0. The van der Waals surface area contributed by atoms with E-state index in [2.05, 4.69) is 23.7 Å². The highest BCUT2D eigenvalue weighted by Crippen LogP contribution is 2.17. The number of nitrogen functional groups attached to an aromatic ring is 2. The maximum absolute atomic E-state index is 5.92. The van der Waals surface area contributed by atoms with Crippen LogP contribution in [0.5, 0.6) is 0 Å². The number of hydrogen-bond acceptors (Lipinski definition) is 2. The van der Waals surface area contributed by atoms with Gasteiger partial charge in [0.25, 0.3) is 0 Å². The average molecular weight is 288 g/mol. The first-order valence-corrected chi connectivity index (χ1v) is 7.14. The van der Waals surface area contributed by atoms with Crippen LogP contribution in [0.25, 0.3) is 0 Å². The summed E-state index contributed by atoms with van der Waals surface area (Å²) < 4.78 is 0. The first-order chi connectivity index (χ1) is 10.4. The van der Waals surface area contributed by atoms with E-state index in [9.17, 15) is 0 Å². The summed E-state index contributed by atoms with van der Waals surface area (Å²) in [5.74, 6) is 11.9. The predicted octanol–water partition coefficient (Wildman–Crippen LogP) is 3.49. The van der Waals surface area contributed by atoms with E-state index in [4.69, 9.17) is 11.5 Å². The molecular weight excluding hydrogens is 268 g/mol. The zero-order chi connectivity index (χ0) is 16.3. The van der Waals surface area contributed by atoms with Crippen molar-refractivity contribution in [3.63, 3.8) is 0 Å². The normalized spacial score (nSPS) is 9.45. The second-order valence-electron chi connectivity index (χ2n) is 5.55. The molecule has 0 aliphatic carbocycles. The molecular formula is C20H20N2. The summed E-state index contributed by atoms with van der Waals surface area (Å²) in [4.78, 5) is 0. The smallest absolute Gasteiger partial charge is 0.0356 e. The lowest BCUT2D eigenvalue weighted by Gasteiger charge is -2.04. The monoisotopic (exact) mass is 288 g/mol. The van der Waals surface area contributed by atoms with Crippen molar-refractivity contribution < 1.29 is 0 Å². The van der Waals surface area contributed by atoms with Crippen LogP contribution in [-0.2, 0) is 0 Å². The van der Waals surface area contributed by atoms with Gasteiger partial charge in [-0.25, -0.2) is 0 Å². The lowest BCUT2D eigenvalue weighted by Crippen LogP contribution is -1.93. The molecule has 0 aliphatic heterocycles. The number of benzene rings is 2. The largest absolute Gasteiger partial charge is 0.398 e. The zero-order valence-electron chi connectivity index (χ0n) is 13.5. The highest BCUT2D eigenvalue weighted by molar-refractivity contribution is 5.59. The molecule has 0 heterocycles. The van der Waals surface area contributed by atoms with E-state index in [1.807, 2.05) is 52.0 Å². The van der Waals surface area contributed by atoms with Gasteiger partial charge in [0.1, 0.15) is 0 Å². The van der Waals surface area contributed by atoms with Gasteiger partial charge in [-0.2, -0.15) is 0 Å². The summed E-state index contributed by atoms with van der Waals surface area (Å²) >= 11 is 0. The molecule has 0 spiro atoms. The molecule has 0 unspecified atom stereocenters. The molecule has 0 fully saturated rings. The third-order valence-corrected chi connectivity index (χ3v) is 3.68. The molecule has 0 aliphatic rings. The van der Waals surface area contributed by atoms with Gasteiger partial charge in [0.2, 0.25) is 0 Å². The van der Waals surface area contributed by atoms with Gasteiger partial charge >= 0.3 is 0 Å². The fourth-order valence-electron chi connectivity index (χ4n) is 2.20. The molecule has 2 rings (SSSR count). The molecule has 0 bridgehead atoms. The van der Waals surface area contributed by atoms with Gasteiger partial charge in [-0.3, -0.25) is 0 Å². The van der Waals surface area contributed by atoms with Crippen LogP contribution in [0.1, 0.15) is 33.4 Å². The Kier molecular flexibility index (Phi) is 4.44. The highest BCUT2D eigenvalue weighted by atomic mass is 14.6. The van der Waals surface area contributed by atoms with E-state index in [0.29, 0.717) is 0 Å². The van der Waals surface area contributed by atoms with E-state index in [1.54, 1.807) is 0 Å². The average Bonchev–Trinajstić information content (AvgIpc) is 2.45. The molecule has 4 N–H and O–H groups in total. The van der Waals surface area contributed by atoms with Crippen molar-refractivity contribution in [2.24, 2.45) is 0 Å². The molecule has 0 saturated heterocycles. The van der Waals surface area contributed by atoms with E-state index in [-0.39, 0.29) is 0 Å². The van der Waals surface area contributed by atoms with Crippen LogP contribution in [0.3, 0.4) is 0 Å². The molecule has 22 heavy (non-hydrogen) atoms. The van der Waals surface area contributed by atoms with Crippen molar-refractivity contribution in [3.05, 3.63) is 57.6 Å². The Morgan fingerprint density at radius 3 is 1.32 bits per heavy atom. The number of rotatable bonds is 0. The van der Waals surface area contributed by atoms with Gasteiger partial charge < -0.3 is 11.5 Å². The fraction of sp³-hybridized carbons (Fsp3) is 0.200. The van der Waals surface area contributed by atoms with Gasteiger partial charge in [-0.1, -0.05) is 24.0 Å². The molecule has 2 nitrogen and oxygen atoms in total. The van der Waals surface area contributed by atoms with Crippen LogP contribution in [-0.4, -0.2) is 0 Å². The van der Waals surface area contributed by atoms with Crippen LogP contribution in [0.2, 0.25) is 0 Å². The molecule has 0 atom stereocenters. The molecule has 0 aromatic heterocycles. The molecule has 0 amide bonds. The maximum Gasteiger partial charge on any atom is 0.0356 e. The van der Waals surface area contributed by atoms with Crippen molar-refractivity contribution in [2.75, 3.05) is 11.5 Å². The van der Waals surface area contributed by atoms with Gasteiger partial charge in [-0.05, 0) is 73.9 Å². The van der Waals surface area contributed by atoms with Gasteiger partial charge in [0.05, 0.1) is 0 Å².